The fourth-order valence-corrected chi connectivity index (χ4v) is 2.49. The quantitative estimate of drug-likeness (QED) is 0.857. The van der Waals surface area contributed by atoms with Gasteiger partial charge in [0.05, 0.1) is 11.6 Å². The minimum absolute atomic E-state index is 0.0375. The van der Waals surface area contributed by atoms with Gasteiger partial charge in [-0.05, 0) is 42.8 Å². The summed E-state index contributed by atoms with van der Waals surface area (Å²) in [6, 6.07) is 12.1. The number of phenols is 1. The van der Waals surface area contributed by atoms with Gasteiger partial charge >= 0.3 is 0 Å². The lowest BCUT2D eigenvalue weighted by Gasteiger charge is -2.25. The summed E-state index contributed by atoms with van der Waals surface area (Å²) >= 11 is 9.13. The molecule has 1 unspecified atom stereocenters. The van der Waals surface area contributed by atoms with E-state index in [1.165, 1.54) is 6.07 Å². The molecule has 21 heavy (non-hydrogen) atoms. The molecule has 1 amide bonds. The van der Waals surface area contributed by atoms with Crippen LogP contribution in [-0.2, 0) is 0 Å². The zero-order valence-corrected chi connectivity index (χ0v) is 14.0. The van der Waals surface area contributed by atoms with E-state index in [4.69, 9.17) is 11.6 Å². The number of hydrogen-bond donors (Lipinski definition) is 1. The van der Waals surface area contributed by atoms with Crippen molar-refractivity contribution < 1.29 is 9.90 Å². The van der Waals surface area contributed by atoms with Gasteiger partial charge in [-0.2, -0.15) is 0 Å². The van der Waals surface area contributed by atoms with E-state index < -0.39 is 0 Å². The lowest BCUT2D eigenvalue weighted by atomic mass is 10.1. The molecule has 0 aliphatic heterocycles. The third-order valence-electron chi connectivity index (χ3n) is 3.44. The highest BCUT2D eigenvalue weighted by Crippen LogP contribution is 2.27. The van der Waals surface area contributed by atoms with Crippen molar-refractivity contribution in [1.82, 2.24) is 4.90 Å². The first-order valence-corrected chi connectivity index (χ1v) is 7.58. The van der Waals surface area contributed by atoms with Crippen LogP contribution in [0.3, 0.4) is 0 Å². The Balaban J connectivity index is 2.24. The molecular formula is C16H15BrClNO2. The van der Waals surface area contributed by atoms with Crippen LogP contribution in [0, 0.1) is 0 Å². The lowest BCUT2D eigenvalue weighted by Crippen LogP contribution is -2.29. The van der Waals surface area contributed by atoms with Crippen LogP contribution in [0.1, 0.15) is 28.9 Å². The van der Waals surface area contributed by atoms with Crippen molar-refractivity contribution in [3.05, 3.63) is 63.1 Å². The highest BCUT2D eigenvalue weighted by atomic mass is 79.9. The van der Waals surface area contributed by atoms with Crippen LogP contribution < -0.4 is 0 Å². The summed E-state index contributed by atoms with van der Waals surface area (Å²) in [5, 5.41) is 10.6. The van der Waals surface area contributed by atoms with Gasteiger partial charge < -0.3 is 10.0 Å². The number of carbonyl (C=O) groups is 1. The number of rotatable bonds is 3. The van der Waals surface area contributed by atoms with Crippen LogP contribution >= 0.6 is 27.5 Å². The van der Waals surface area contributed by atoms with Gasteiger partial charge in [0.25, 0.3) is 5.91 Å². The second-order valence-electron chi connectivity index (χ2n) is 4.81. The van der Waals surface area contributed by atoms with Gasteiger partial charge in [-0.15, -0.1) is 0 Å². The van der Waals surface area contributed by atoms with Crippen molar-refractivity contribution in [3.63, 3.8) is 0 Å². The van der Waals surface area contributed by atoms with Crippen molar-refractivity contribution in [2.75, 3.05) is 7.05 Å². The Morgan fingerprint density at radius 2 is 1.86 bits per heavy atom. The average Bonchev–Trinajstić information content (AvgIpc) is 2.46. The van der Waals surface area contributed by atoms with E-state index in [1.807, 2.05) is 19.1 Å². The van der Waals surface area contributed by atoms with E-state index in [1.54, 1.807) is 36.2 Å². The van der Waals surface area contributed by atoms with Crippen LogP contribution in [0.2, 0.25) is 5.02 Å². The zero-order valence-electron chi connectivity index (χ0n) is 11.7. The third kappa shape index (κ3) is 3.57. The number of nitrogens with zero attached hydrogens (tertiary/aromatic N) is 1. The van der Waals surface area contributed by atoms with E-state index in [2.05, 4.69) is 15.9 Å². The molecule has 2 aromatic carbocycles. The Kier molecular flexibility index (Phi) is 4.91. The molecule has 110 valence electrons. The van der Waals surface area contributed by atoms with Gasteiger partial charge in [0, 0.05) is 16.5 Å². The fraction of sp³-hybridized carbons (Fsp3) is 0.188. The first-order chi connectivity index (χ1) is 9.90. The molecule has 2 rings (SSSR count). The standard InChI is InChI=1S/C16H15BrClNO2/c1-10(11-3-6-13(18)7-4-11)19(2)16(21)14-8-5-12(17)9-15(14)20/h3-10,20H,1-2H3. The van der Waals surface area contributed by atoms with Crippen LogP contribution in [0.15, 0.2) is 46.9 Å². The molecular weight excluding hydrogens is 354 g/mol. The van der Waals surface area contributed by atoms with Gasteiger partial charge in [0.1, 0.15) is 5.75 Å². The number of amides is 1. The molecule has 1 atom stereocenters. The number of halogens is 2. The summed E-state index contributed by atoms with van der Waals surface area (Å²) in [5.74, 6) is -0.271. The Morgan fingerprint density at radius 3 is 2.43 bits per heavy atom. The molecule has 0 aliphatic rings. The Bertz CT molecular complexity index is 658. The minimum atomic E-state index is -0.234. The molecule has 0 aromatic heterocycles. The Morgan fingerprint density at radius 1 is 1.24 bits per heavy atom. The van der Waals surface area contributed by atoms with Gasteiger partial charge in [-0.3, -0.25) is 4.79 Å². The maximum atomic E-state index is 12.5. The molecule has 0 bridgehead atoms. The molecule has 0 heterocycles. The highest BCUT2D eigenvalue weighted by molar-refractivity contribution is 9.10. The topological polar surface area (TPSA) is 40.5 Å². The summed E-state index contributed by atoms with van der Waals surface area (Å²) in [6.07, 6.45) is 0. The Hall–Kier alpha value is -1.52. The predicted octanol–water partition coefficient (Wildman–Crippen LogP) is 4.64. The largest absolute Gasteiger partial charge is 0.507 e. The zero-order chi connectivity index (χ0) is 15.6. The second kappa shape index (κ2) is 6.50. The van der Waals surface area contributed by atoms with E-state index in [-0.39, 0.29) is 23.3 Å². The van der Waals surface area contributed by atoms with Crippen molar-refractivity contribution in [2.24, 2.45) is 0 Å². The van der Waals surface area contributed by atoms with Crippen LogP contribution in [0.5, 0.6) is 5.75 Å². The summed E-state index contributed by atoms with van der Waals surface area (Å²) in [6.45, 7) is 1.93. The predicted molar refractivity (Wildman–Crippen MR) is 87.8 cm³/mol. The van der Waals surface area contributed by atoms with Gasteiger partial charge in [-0.1, -0.05) is 39.7 Å². The van der Waals surface area contributed by atoms with Crippen molar-refractivity contribution >= 4 is 33.4 Å². The van der Waals surface area contributed by atoms with E-state index >= 15 is 0 Å². The third-order valence-corrected chi connectivity index (χ3v) is 4.19. The first-order valence-electron chi connectivity index (χ1n) is 6.41. The van der Waals surface area contributed by atoms with Crippen molar-refractivity contribution in [3.8, 4) is 5.75 Å². The second-order valence-corrected chi connectivity index (χ2v) is 6.16. The van der Waals surface area contributed by atoms with Crippen LogP contribution in [0.25, 0.3) is 0 Å². The highest BCUT2D eigenvalue weighted by Gasteiger charge is 2.21. The number of benzene rings is 2. The summed E-state index contributed by atoms with van der Waals surface area (Å²) in [7, 11) is 1.71. The Labute approximate surface area is 137 Å². The molecule has 0 saturated heterocycles. The average molecular weight is 369 g/mol. The van der Waals surface area contributed by atoms with Crippen LogP contribution in [-0.4, -0.2) is 23.0 Å². The maximum absolute atomic E-state index is 12.5. The molecule has 3 nitrogen and oxygen atoms in total. The van der Waals surface area contributed by atoms with Crippen molar-refractivity contribution in [1.29, 1.82) is 0 Å². The fourth-order valence-electron chi connectivity index (χ4n) is 2.02. The summed E-state index contributed by atoms with van der Waals surface area (Å²) in [4.78, 5) is 14.1. The number of hydrogen-bond acceptors (Lipinski definition) is 2. The lowest BCUT2D eigenvalue weighted by molar-refractivity contribution is 0.0739. The van der Waals surface area contributed by atoms with Crippen LogP contribution in [0.4, 0.5) is 0 Å². The van der Waals surface area contributed by atoms with Gasteiger partial charge in [0.2, 0.25) is 0 Å². The maximum Gasteiger partial charge on any atom is 0.257 e. The molecule has 0 spiro atoms. The van der Waals surface area contributed by atoms with Crippen molar-refractivity contribution in [2.45, 2.75) is 13.0 Å². The van der Waals surface area contributed by atoms with Gasteiger partial charge in [0.15, 0.2) is 0 Å². The number of carbonyl (C=O) groups excluding carboxylic acids is 1. The minimum Gasteiger partial charge on any atom is -0.507 e. The smallest absolute Gasteiger partial charge is 0.257 e. The molecule has 2 aromatic rings. The van der Waals surface area contributed by atoms with Gasteiger partial charge in [-0.25, -0.2) is 0 Å². The SMILES string of the molecule is CC(c1ccc(Cl)cc1)N(C)C(=O)c1ccc(Br)cc1O. The molecule has 0 radical (unpaired) electrons. The van der Waals surface area contributed by atoms with E-state index in [9.17, 15) is 9.90 Å². The normalized spacial score (nSPS) is 12.0. The van der Waals surface area contributed by atoms with E-state index in [0.717, 1.165) is 10.0 Å². The summed E-state index contributed by atoms with van der Waals surface area (Å²) < 4.78 is 0.727. The number of aromatic hydroxyl groups is 1. The van der Waals surface area contributed by atoms with E-state index in [0.29, 0.717) is 5.02 Å². The summed E-state index contributed by atoms with van der Waals surface area (Å²) in [5.41, 5.74) is 1.26. The molecule has 1 N–H and O–H groups in total. The molecule has 5 heteroatoms. The monoisotopic (exact) mass is 367 g/mol. The first kappa shape index (κ1) is 15.9. The molecule has 0 saturated carbocycles. The molecule has 0 aliphatic carbocycles. The number of phenolic OH excluding ortho intramolecular Hbond substituents is 1. The molecule has 0 fully saturated rings.